The SMILES string of the molecule is O=C(CN1CCCN(C(=O)c2cc(-c3ccco3)[nH]n2)CC1)N1CCCC1. The minimum atomic E-state index is -0.0863. The Bertz CT molecular complexity index is 779. The van der Waals surface area contributed by atoms with Crippen LogP contribution in [0, 0.1) is 0 Å². The summed E-state index contributed by atoms with van der Waals surface area (Å²) in [6, 6.07) is 5.34. The van der Waals surface area contributed by atoms with Crippen LogP contribution < -0.4 is 0 Å². The fourth-order valence-electron chi connectivity index (χ4n) is 3.74. The Morgan fingerprint density at radius 1 is 1.04 bits per heavy atom. The van der Waals surface area contributed by atoms with Crippen molar-refractivity contribution in [2.75, 3.05) is 45.8 Å². The number of aromatic nitrogens is 2. The highest BCUT2D eigenvalue weighted by molar-refractivity contribution is 5.93. The molecular weight excluding hydrogens is 346 g/mol. The average molecular weight is 371 g/mol. The number of H-pyrrole nitrogens is 1. The van der Waals surface area contributed by atoms with Gasteiger partial charge >= 0.3 is 0 Å². The van der Waals surface area contributed by atoms with E-state index in [1.165, 1.54) is 0 Å². The topological polar surface area (TPSA) is 85.7 Å². The van der Waals surface area contributed by atoms with E-state index < -0.39 is 0 Å². The summed E-state index contributed by atoms with van der Waals surface area (Å²) >= 11 is 0. The maximum absolute atomic E-state index is 12.8. The van der Waals surface area contributed by atoms with Crippen LogP contribution >= 0.6 is 0 Å². The molecule has 4 heterocycles. The predicted molar refractivity (Wildman–Crippen MR) is 99.1 cm³/mol. The summed E-state index contributed by atoms with van der Waals surface area (Å²) < 4.78 is 5.33. The molecule has 2 saturated heterocycles. The van der Waals surface area contributed by atoms with Crippen molar-refractivity contribution in [2.24, 2.45) is 0 Å². The van der Waals surface area contributed by atoms with Gasteiger partial charge in [0, 0.05) is 45.3 Å². The van der Waals surface area contributed by atoms with Gasteiger partial charge in [-0.25, -0.2) is 0 Å². The van der Waals surface area contributed by atoms with Gasteiger partial charge in [-0.2, -0.15) is 5.10 Å². The van der Waals surface area contributed by atoms with Gasteiger partial charge in [0.15, 0.2) is 11.5 Å². The van der Waals surface area contributed by atoms with Crippen LogP contribution in [0.3, 0.4) is 0 Å². The summed E-state index contributed by atoms with van der Waals surface area (Å²) in [5.74, 6) is 0.781. The van der Waals surface area contributed by atoms with Gasteiger partial charge in [-0.15, -0.1) is 0 Å². The molecule has 4 rings (SSSR count). The number of amides is 2. The van der Waals surface area contributed by atoms with Gasteiger partial charge < -0.3 is 14.2 Å². The number of nitrogens with one attached hydrogen (secondary N) is 1. The van der Waals surface area contributed by atoms with Crippen molar-refractivity contribution in [1.82, 2.24) is 24.9 Å². The van der Waals surface area contributed by atoms with E-state index >= 15 is 0 Å². The number of furan rings is 1. The summed E-state index contributed by atoms with van der Waals surface area (Å²) in [4.78, 5) is 31.1. The van der Waals surface area contributed by atoms with Crippen molar-refractivity contribution in [3.05, 3.63) is 30.2 Å². The van der Waals surface area contributed by atoms with E-state index in [1.807, 2.05) is 15.9 Å². The first-order valence-corrected chi connectivity index (χ1v) is 9.59. The largest absolute Gasteiger partial charge is 0.463 e. The molecule has 8 heteroatoms. The normalized spacial score (nSPS) is 18.7. The number of rotatable bonds is 4. The van der Waals surface area contributed by atoms with E-state index in [1.54, 1.807) is 18.4 Å². The Balaban J connectivity index is 1.33. The molecule has 144 valence electrons. The minimum Gasteiger partial charge on any atom is -0.463 e. The van der Waals surface area contributed by atoms with Gasteiger partial charge in [-0.3, -0.25) is 19.6 Å². The van der Waals surface area contributed by atoms with Gasteiger partial charge in [0.2, 0.25) is 5.91 Å². The Morgan fingerprint density at radius 2 is 1.85 bits per heavy atom. The zero-order valence-electron chi connectivity index (χ0n) is 15.4. The molecule has 0 radical (unpaired) electrons. The lowest BCUT2D eigenvalue weighted by molar-refractivity contribution is -0.131. The summed E-state index contributed by atoms with van der Waals surface area (Å²) in [6.07, 6.45) is 4.66. The van der Waals surface area contributed by atoms with Crippen molar-refractivity contribution in [3.8, 4) is 11.5 Å². The zero-order chi connectivity index (χ0) is 18.6. The van der Waals surface area contributed by atoms with Crippen molar-refractivity contribution in [2.45, 2.75) is 19.3 Å². The van der Waals surface area contributed by atoms with Crippen LogP contribution in [0.5, 0.6) is 0 Å². The van der Waals surface area contributed by atoms with Gasteiger partial charge in [0.1, 0.15) is 5.69 Å². The summed E-state index contributed by atoms with van der Waals surface area (Å²) in [5.41, 5.74) is 1.08. The Kier molecular flexibility index (Phi) is 5.24. The van der Waals surface area contributed by atoms with Gasteiger partial charge in [-0.1, -0.05) is 0 Å². The third-order valence-corrected chi connectivity index (χ3v) is 5.28. The van der Waals surface area contributed by atoms with Crippen molar-refractivity contribution in [1.29, 1.82) is 0 Å². The molecule has 0 spiro atoms. The first-order valence-electron chi connectivity index (χ1n) is 9.59. The zero-order valence-corrected chi connectivity index (χ0v) is 15.4. The molecule has 2 aromatic heterocycles. The van der Waals surface area contributed by atoms with E-state index in [9.17, 15) is 9.59 Å². The van der Waals surface area contributed by atoms with E-state index in [0.717, 1.165) is 38.9 Å². The predicted octanol–water partition coefficient (Wildman–Crippen LogP) is 1.44. The second kappa shape index (κ2) is 7.96. The molecule has 0 aromatic carbocycles. The molecule has 2 fully saturated rings. The molecule has 8 nitrogen and oxygen atoms in total. The summed E-state index contributed by atoms with van der Waals surface area (Å²) in [5, 5.41) is 7.01. The van der Waals surface area contributed by atoms with Gasteiger partial charge in [-0.05, 0) is 31.4 Å². The van der Waals surface area contributed by atoms with Gasteiger partial charge in [0.05, 0.1) is 12.8 Å². The third kappa shape index (κ3) is 4.05. The average Bonchev–Trinajstić information content (AvgIpc) is 3.42. The second-order valence-corrected chi connectivity index (χ2v) is 7.15. The summed E-state index contributed by atoms with van der Waals surface area (Å²) in [7, 11) is 0. The number of nitrogens with zero attached hydrogens (tertiary/aromatic N) is 4. The lowest BCUT2D eigenvalue weighted by Crippen LogP contribution is -2.41. The Morgan fingerprint density at radius 3 is 2.63 bits per heavy atom. The van der Waals surface area contributed by atoms with Crippen LogP contribution in [0.4, 0.5) is 0 Å². The second-order valence-electron chi connectivity index (χ2n) is 7.15. The maximum atomic E-state index is 12.8. The highest BCUT2D eigenvalue weighted by Gasteiger charge is 2.25. The van der Waals surface area contributed by atoms with E-state index in [2.05, 4.69) is 15.1 Å². The highest BCUT2D eigenvalue weighted by Crippen LogP contribution is 2.19. The number of hydrogen-bond donors (Lipinski definition) is 1. The molecular formula is C19H25N5O3. The molecule has 2 aliphatic rings. The smallest absolute Gasteiger partial charge is 0.274 e. The van der Waals surface area contributed by atoms with Gasteiger partial charge in [0.25, 0.3) is 5.91 Å². The van der Waals surface area contributed by atoms with Crippen LogP contribution in [0.1, 0.15) is 29.8 Å². The molecule has 0 bridgehead atoms. The van der Waals surface area contributed by atoms with E-state index in [-0.39, 0.29) is 11.8 Å². The monoisotopic (exact) mass is 371 g/mol. The van der Waals surface area contributed by atoms with E-state index in [4.69, 9.17) is 4.42 Å². The van der Waals surface area contributed by atoms with Crippen LogP contribution in [0.15, 0.2) is 28.9 Å². The quantitative estimate of drug-likeness (QED) is 0.879. The number of carbonyl (C=O) groups is 2. The molecule has 0 aliphatic carbocycles. The standard InChI is InChI=1S/C19H25N5O3/c25-18(23-7-1-2-8-23)14-22-6-4-9-24(11-10-22)19(26)16-13-15(20-21-16)17-5-3-12-27-17/h3,5,12-13H,1-2,4,6-11,14H2,(H,20,21). The third-order valence-electron chi connectivity index (χ3n) is 5.28. The van der Waals surface area contributed by atoms with Crippen LogP contribution in [-0.2, 0) is 4.79 Å². The number of aromatic amines is 1. The minimum absolute atomic E-state index is 0.0863. The molecule has 1 N–H and O–H groups in total. The maximum Gasteiger partial charge on any atom is 0.274 e. The first-order chi connectivity index (χ1) is 13.2. The van der Waals surface area contributed by atoms with Crippen LogP contribution in [0.25, 0.3) is 11.5 Å². The molecule has 0 atom stereocenters. The lowest BCUT2D eigenvalue weighted by Gasteiger charge is -2.23. The van der Waals surface area contributed by atoms with Crippen molar-refractivity contribution < 1.29 is 14.0 Å². The highest BCUT2D eigenvalue weighted by atomic mass is 16.3. The van der Waals surface area contributed by atoms with Crippen molar-refractivity contribution >= 4 is 11.8 Å². The number of hydrogen-bond acceptors (Lipinski definition) is 5. The van der Waals surface area contributed by atoms with E-state index in [0.29, 0.717) is 43.3 Å². The molecule has 27 heavy (non-hydrogen) atoms. The Hall–Kier alpha value is -2.61. The fourth-order valence-corrected chi connectivity index (χ4v) is 3.74. The van der Waals surface area contributed by atoms with Crippen molar-refractivity contribution in [3.63, 3.8) is 0 Å². The molecule has 0 saturated carbocycles. The lowest BCUT2D eigenvalue weighted by atomic mass is 10.2. The number of likely N-dealkylation sites (tertiary alicyclic amines) is 1. The molecule has 2 aliphatic heterocycles. The molecule has 2 aromatic rings. The number of carbonyl (C=O) groups excluding carboxylic acids is 2. The Labute approximate surface area is 158 Å². The molecule has 2 amide bonds. The summed E-state index contributed by atoms with van der Waals surface area (Å²) in [6.45, 7) is 5.05. The van der Waals surface area contributed by atoms with Crippen LogP contribution in [0.2, 0.25) is 0 Å². The van der Waals surface area contributed by atoms with Crippen LogP contribution in [-0.4, -0.2) is 82.5 Å². The first kappa shape index (κ1) is 17.8. The fraction of sp³-hybridized carbons (Fsp3) is 0.526. The molecule has 0 unspecified atom stereocenters.